The molecule has 0 fully saturated rings. The first kappa shape index (κ1) is 22.4. The number of hydrogen-bond acceptors (Lipinski definition) is 4. The fraction of sp³-hybridized carbons (Fsp3) is 0.259. The van der Waals surface area contributed by atoms with Gasteiger partial charge in [0.25, 0.3) is 5.91 Å². The van der Waals surface area contributed by atoms with E-state index in [1.54, 1.807) is 31.4 Å². The molecule has 170 valence electrons. The smallest absolute Gasteiger partial charge is 0.255 e. The Balaban J connectivity index is 1.30. The number of benzene rings is 3. The van der Waals surface area contributed by atoms with Crippen LogP contribution in [0.1, 0.15) is 27.9 Å². The highest BCUT2D eigenvalue weighted by Crippen LogP contribution is 2.30. The van der Waals surface area contributed by atoms with E-state index < -0.39 is 0 Å². The third kappa shape index (κ3) is 5.92. The SMILES string of the molecule is COc1ccc(C(=O)Nc2ccc3c(c2)C[C@@H](C(=O)NCCCc2ccccc2)CO3)cc1. The first-order valence-corrected chi connectivity index (χ1v) is 11.1. The summed E-state index contributed by atoms with van der Waals surface area (Å²) in [5, 5.41) is 5.94. The van der Waals surface area contributed by atoms with Gasteiger partial charge in [0.2, 0.25) is 5.91 Å². The highest BCUT2D eigenvalue weighted by molar-refractivity contribution is 6.04. The molecule has 0 saturated carbocycles. The number of amides is 2. The maximum absolute atomic E-state index is 12.6. The minimum atomic E-state index is -0.248. The summed E-state index contributed by atoms with van der Waals surface area (Å²) in [6, 6.07) is 22.7. The molecule has 6 heteroatoms. The Morgan fingerprint density at radius 2 is 1.82 bits per heavy atom. The van der Waals surface area contributed by atoms with Gasteiger partial charge in [-0.25, -0.2) is 0 Å². The first-order chi connectivity index (χ1) is 16.1. The Hall–Kier alpha value is -3.80. The summed E-state index contributed by atoms with van der Waals surface area (Å²) in [7, 11) is 1.59. The van der Waals surface area contributed by atoms with Crippen LogP contribution in [0, 0.1) is 5.92 Å². The second-order valence-corrected chi connectivity index (χ2v) is 8.10. The van der Waals surface area contributed by atoms with Crippen molar-refractivity contribution in [2.75, 3.05) is 25.6 Å². The predicted molar refractivity (Wildman–Crippen MR) is 128 cm³/mol. The molecule has 1 aliphatic rings. The Morgan fingerprint density at radius 3 is 2.58 bits per heavy atom. The highest BCUT2D eigenvalue weighted by atomic mass is 16.5. The molecule has 0 spiro atoms. The average Bonchev–Trinajstić information content (AvgIpc) is 2.86. The Morgan fingerprint density at radius 1 is 1.03 bits per heavy atom. The van der Waals surface area contributed by atoms with Crippen LogP contribution in [-0.4, -0.2) is 32.1 Å². The second-order valence-electron chi connectivity index (χ2n) is 8.10. The fourth-order valence-corrected chi connectivity index (χ4v) is 3.88. The molecular weight excluding hydrogens is 416 g/mol. The second kappa shape index (κ2) is 10.7. The molecule has 0 unspecified atom stereocenters. The van der Waals surface area contributed by atoms with E-state index >= 15 is 0 Å². The highest BCUT2D eigenvalue weighted by Gasteiger charge is 2.26. The van der Waals surface area contributed by atoms with Crippen LogP contribution >= 0.6 is 0 Å². The minimum absolute atomic E-state index is 0.00128. The van der Waals surface area contributed by atoms with Gasteiger partial charge in [0, 0.05) is 17.8 Å². The standard InChI is InChI=1S/C27H28N2O4/c1-32-24-12-9-20(10-13-24)27(31)29-23-11-14-25-21(17-23)16-22(18-33-25)26(30)28-15-5-8-19-6-3-2-4-7-19/h2-4,6-7,9-14,17,22H,5,8,15-16,18H2,1H3,(H,28,30)(H,29,31)/t22-/m1/s1. The molecule has 4 rings (SSSR count). The fourth-order valence-electron chi connectivity index (χ4n) is 3.88. The van der Waals surface area contributed by atoms with E-state index in [0.717, 1.165) is 24.2 Å². The van der Waals surface area contributed by atoms with Gasteiger partial charge in [-0.1, -0.05) is 30.3 Å². The Bertz CT molecular complexity index is 1100. The van der Waals surface area contributed by atoms with Crippen LogP contribution < -0.4 is 20.1 Å². The lowest BCUT2D eigenvalue weighted by Crippen LogP contribution is -2.37. The van der Waals surface area contributed by atoms with Crippen molar-refractivity contribution in [3.05, 3.63) is 89.5 Å². The van der Waals surface area contributed by atoms with E-state index in [0.29, 0.717) is 36.6 Å². The average molecular weight is 445 g/mol. The number of carbonyl (C=O) groups excluding carboxylic acids is 2. The van der Waals surface area contributed by atoms with Crippen molar-refractivity contribution in [1.29, 1.82) is 0 Å². The van der Waals surface area contributed by atoms with E-state index in [1.807, 2.05) is 36.4 Å². The van der Waals surface area contributed by atoms with Gasteiger partial charge in [0.05, 0.1) is 13.0 Å². The minimum Gasteiger partial charge on any atom is -0.497 e. The van der Waals surface area contributed by atoms with Crippen molar-refractivity contribution in [3.63, 3.8) is 0 Å². The van der Waals surface area contributed by atoms with Crippen LogP contribution in [0.3, 0.4) is 0 Å². The lowest BCUT2D eigenvalue weighted by atomic mass is 9.95. The summed E-state index contributed by atoms with van der Waals surface area (Å²) < 4.78 is 10.9. The molecule has 0 aliphatic carbocycles. The van der Waals surface area contributed by atoms with Crippen molar-refractivity contribution in [1.82, 2.24) is 5.32 Å². The number of hydrogen-bond donors (Lipinski definition) is 2. The van der Waals surface area contributed by atoms with Gasteiger partial charge >= 0.3 is 0 Å². The zero-order valence-electron chi connectivity index (χ0n) is 18.7. The van der Waals surface area contributed by atoms with E-state index in [1.165, 1.54) is 5.56 Å². The summed E-state index contributed by atoms with van der Waals surface area (Å²) in [5.41, 5.74) is 3.39. The van der Waals surface area contributed by atoms with Crippen molar-refractivity contribution < 1.29 is 19.1 Å². The van der Waals surface area contributed by atoms with Gasteiger partial charge in [-0.3, -0.25) is 9.59 Å². The summed E-state index contributed by atoms with van der Waals surface area (Å²) >= 11 is 0. The molecule has 2 amide bonds. The summed E-state index contributed by atoms with van der Waals surface area (Å²) in [6.07, 6.45) is 2.40. The van der Waals surface area contributed by atoms with Crippen molar-refractivity contribution in [2.24, 2.45) is 5.92 Å². The van der Waals surface area contributed by atoms with E-state index in [-0.39, 0.29) is 17.7 Å². The molecule has 33 heavy (non-hydrogen) atoms. The summed E-state index contributed by atoms with van der Waals surface area (Å²) in [5.74, 6) is 0.998. The largest absolute Gasteiger partial charge is 0.497 e. The van der Waals surface area contributed by atoms with Crippen molar-refractivity contribution in [3.8, 4) is 11.5 Å². The van der Waals surface area contributed by atoms with Crippen LogP contribution in [0.15, 0.2) is 72.8 Å². The molecule has 0 bridgehead atoms. The zero-order valence-corrected chi connectivity index (χ0v) is 18.7. The maximum atomic E-state index is 12.6. The van der Waals surface area contributed by atoms with Gasteiger partial charge in [-0.15, -0.1) is 0 Å². The predicted octanol–water partition coefficient (Wildman–Crippen LogP) is 4.25. The number of ether oxygens (including phenoxy) is 2. The van der Waals surface area contributed by atoms with Gasteiger partial charge < -0.3 is 20.1 Å². The van der Waals surface area contributed by atoms with Crippen molar-refractivity contribution in [2.45, 2.75) is 19.3 Å². The number of carbonyl (C=O) groups is 2. The lowest BCUT2D eigenvalue weighted by Gasteiger charge is -2.25. The molecular formula is C27H28N2O4. The normalized spacial score (nSPS) is 14.5. The van der Waals surface area contributed by atoms with Gasteiger partial charge in [-0.05, 0) is 72.9 Å². The van der Waals surface area contributed by atoms with Crippen molar-refractivity contribution >= 4 is 17.5 Å². The van der Waals surface area contributed by atoms with Gasteiger partial charge in [0.1, 0.15) is 18.1 Å². The third-order valence-electron chi connectivity index (χ3n) is 5.73. The maximum Gasteiger partial charge on any atom is 0.255 e. The van der Waals surface area contributed by atoms with Gasteiger partial charge in [-0.2, -0.15) is 0 Å². The topological polar surface area (TPSA) is 76.7 Å². The molecule has 1 atom stereocenters. The van der Waals surface area contributed by atoms with Crippen LogP contribution in [-0.2, 0) is 17.6 Å². The van der Waals surface area contributed by atoms with E-state index in [9.17, 15) is 9.59 Å². The molecule has 0 aromatic heterocycles. The molecule has 6 nitrogen and oxygen atoms in total. The van der Waals surface area contributed by atoms with Crippen LogP contribution in [0.4, 0.5) is 5.69 Å². The Kier molecular flexibility index (Phi) is 7.25. The van der Waals surface area contributed by atoms with Crippen LogP contribution in [0.25, 0.3) is 0 Å². The molecule has 3 aromatic carbocycles. The molecule has 0 radical (unpaired) electrons. The van der Waals surface area contributed by atoms with E-state index in [4.69, 9.17) is 9.47 Å². The molecule has 3 aromatic rings. The Labute approximate surface area is 193 Å². The molecule has 0 saturated heterocycles. The number of aryl methyl sites for hydroxylation is 1. The monoisotopic (exact) mass is 444 g/mol. The molecule has 1 aliphatic heterocycles. The van der Waals surface area contributed by atoms with Crippen LogP contribution in [0.2, 0.25) is 0 Å². The summed E-state index contributed by atoms with van der Waals surface area (Å²) in [6.45, 7) is 0.990. The number of methoxy groups -OCH3 is 1. The molecule has 2 N–H and O–H groups in total. The quantitative estimate of drug-likeness (QED) is 0.510. The van der Waals surface area contributed by atoms with Gasteiger partial charge in [0.15, 0.2) is 0 Å². The number of rotatable bonds is 8. The zero-order chi connectivity index (χ0) is 23.0. The number of nitrogens with one attached hydrogen (secondary N) is 2. The number of anilines is 1. The number of fused-ring (bicyclic) bond motifs is 1. The molecule has 1 heterocycles. The van der Waals surface area contributed by atoms with E-state index in [2.05, 4.69) is 22.8 Å². The summed E-state index contributed by atoms with van der Waals surface area (Å²) in [4.78, 5) is 25.2. The lowest BCUT2D eigenvalue weighted by molar-refractivity contribution is -0.126. The first-order valence-electron chi connectivity index (χ1n) is 11.1. The third-order valence-corrected chi connectivity index (χ3v) is 5.73. The van der Waals surface area contributed by atoms with Crippen LogP contribution in [0.5, 0.6) is 11.5 Å².